The summed E-state index contributed by atoms with van der Waals surface area (Å²) >= 11 is 0. The average molecular weight is 346 g/mol. The molecule has 1 N–H and O–H groups in total. The summed E-state index contributed by atoms with van der Waals surface area (Å²) in [5.74, 6) is -1.45. The van der Waals surface area contributed by atoms with Crippen molar-refractivity contribution in [2.24, 2.45) is 5.10 Å². The van der Waals surface area contributed by atoms with Crippen LogP contribution in [-0.4, -0.2) is 16.7 Å². The minimum atomic E-state index is -0.764. The lowest BCUT2D eigenvalue weighted by Crippen LogP contribution is -2.19. The number of aryl methyl sites for hydroxylation is 1. The summed E-state index contributed by atoms with van der Waals surface area (Å²) in [5, 5.41) is 12.6. The first kappa shape index (κ1) is 17.1. The number of carbonyl (C=O) groups excluding carboxylic acids is 1. The maximum atomic E-state index is 13.9. The Kier molecular flexibility index (Phi) is 4.90. The highest BCUT2D eigenvalue weighted by Crippen LogP contribution is 2.16. The van der Waals surface area contributed by atoms with Gasteiger partial charge in [-0.3, -0.25) is 4.79 Å². The molecule has 0 bridgehead atoms. The van der Waals surface area contributed by atoms with Crippen LogP contribution in [0.2, 0.25) is 0 Å². The lowest BCUT2D eigenvalue weighted by Gasteiger charge is -2.09. The van der Waals surface area contributed by atoms with Crippen LogP contribution < -0.4 is 5.43 Å². The molecule has 3 rings (SSSR count). The molecule has 1 aromatic heterocycles. The predicted molar refractivity (Wildman–Crippen MR) is 96.7 cm³/mol. The number of nitrogens with zero attached hydrogens (tertiary/aromatic N) is 3. The molecular weight excluding hydrogens is 331 g/mol. The van der Waals surface area contributed by atoms with Gasteiger partial charge < -0.3 is 4.57 Å². The van der Waals surface area contributed by atoms with Gasteiger partial charge in [-0.15, -0.1) is 0 Å². The SMILES string of the molecule is Cc1ccccc1-n1cccc1/C=N/NC(=O)c1ccc(C#N)cc1F. The van der Waals surface area contributed by atoms with Crippen molar-refractivity contribution in [3.8, 4) is 11.8 Å². The van der Waals surface area contributed by atoms with Gasteiger partial charge in [0.1, 0.15) is 5.82 Å². The molecule has 2 aromatic carbocycles. The highest BCUT2D eigenvalue weighted by Gasteiger charge is 2.11. The van der Waals surface area contributed by atoms with E-state index in [1.165, 1.54) is 18.3 Å². The van der Waals surface area contributed by atoms with E-state index in [1.807, 2.05) is 60.2 Å². The normalized spacial score (nSPS) is 10.7. The lowest BCUT2D eigenvalue weighted by molar-refractivity contribution is 0.0951. The van der Waals surface area contributed by atoms with Crippen LogP contribution in [-0.2, 0) is 0 Å². The van der Waals surface area contributed by atoms with Gasteiger partial charge in [0.2, 0.25) is 0 Å². The van der Waals surface area contributed by atoms with Gasteiger partial charge in [-0.2, -0.15) is 10.4 Å². The van der Waals surface area contributed by atoms with Crippen molar-refractivity contribution in [1.82, 2.24) is 9.99 Å². The van der Waals surface area contributed by atoms with Crippen molar-refractivity contribution < 1.29 is 9.18 Å². The molecule has 0 spiro atoms. The number of hydrazone groups is 1. The smallest absolute Gasteiger partial charge is 0.274 e. The molecule has 0 unspecified atom stereocenters. The van der Waals surface area contributed by atoms with Gasteiger partial charge in [-0.05, 0) is 48.9 Å². The minimum Gasteiger partial charge on any atom is -0.315 e. The molecule has 1 heterocycles. The predicted octanol–water partition coefficient (Wildman–Crippen LogP) is 3.56. The number of nitrogens with one attached hydrogen (secondary N) is 1. The molecular formula is C20H15FN4O. The number of aromatic nitrogens is 1. The van der Waals surface area contributed by atoms with Crippen LogP contribution in [0.15, 0.2) is 65.9 Å². The van der Waals surface area contributed by atoms with Crippen LogP contribution in [0.4, 0.5) is 4.39 Å². The van der Waals surface area contributed by atoms with Crippen molar-refractivity contribution in [2.75, 3.05) is 0 Å². The van der Waals surface area contributed by atoms with E-state index in [1.54, 1.807) is 0 Å². The fraction of sp³-hybridized carbons (Fsp3) is 0.0500. The highest BCUT2D eigenvalue weighted by atomic mass is 19.1. The molecule has 0 aliphatic heterocycles. The Balaban J connectivity index is 1.76. The van der Waals surface area contributed by atoms with Crippen molar-refractivity contribution in [3.63, 3.8) is 0 Å². The van der Waals surface area contributed by atoms with Crippen LogP contribution >= 0.6 is 0 Å². The molecule has 128 valence electrons. The molecule has 0 radical (unpaired) electrons. The van der Waals surface area contributed by atoms with Gasteiger partial charge in [-0.25, -0.2) is 9.82 Å². The topological polar surface area (TPSA) is 70.2 Å². The number of amides is 1. The van der Waals surface area contributed by atoms with E-state index in [4.69, 9.17) is 5.26 Å². The van der Waals surface area contributed by atoms with Gasteiger partial charge in [0.05, 0.1) is 29.1 Å². The first-order valence-corrected chi connectivity index (χ1v) is 7.86. The second-order valence-corrected chi connectivity index (χ2v) is 5.60. The summed E-state index contributed by atoms with van der Waals surface area (Å²) in [6.07, 6.45) is 3.39. The lowest BCUT2D eigenvalue weighted by atomic mass is 10.1. The number of halogens is 1. The largest absolute Gasteiger partial charge is 0.315 e. The highest BCUT2D eigenvalue weighted by molar-refractivity contribution is 5.95. The molecule has 0 aliphatic rings. The molecule has 3 aromatic rings. The first-order chi connectivity index (χ1) is 12.6. The van der Waals surface area contributed by atoms with Crippen LogP contribution in [0.3, 0.4) is 0 Å². The monoisotopic (exact) mass is 346 g/mol. The van der Waals surface area contributed by atoms with Crippen molar-refractivity contribution in [1.29, 1.82) is 5.26 Å². The van der Waals surface area contributed by atoms with E-state index < -0.39 is 11.7 Å². The molecule has 6 heteroatoms. The first-order valence-electron chi connectivity index (χ1n) is 7.86. The fourth-order valence-corrected chi connectivity index (χ4v) is 2.54. The quantitative estimate of drug-likeness (QED) is 0.580. The Labute approximate surface area is 150 Å². The van der Waals surface area contributed by atoms with Crippen LogP contribution in [0.1, 0.15) is 27.2 Å². The summed E-state index contributed by atoms with van der Waals surface area (Å²) in [4.78, 5) is 12.0. The summed E-state index contributed by atoms with van der Waals surface area (Å²) < 4.78 is 15.8. The zero-order valence-corrected chi connectivity index (χ0v) is 14.0. The number of para-hydroxylation sites is 1. The summed E-state index contributed by atoms with van der Waals surface area (Å²) in [5.41, 5.74) is 5.15. The molecule has 5 nitrogen and oxygen atoms in total. The zero-order valence-electron chi connectivity index (χ0n) is 14.0. The molecule has 0 fully saturated rings. The molecule has 0 aliphatic carbocycles. The van der Waals surface area contributed by atoms with E-state index in [0.717, 1.165) is 23.0 Å². The fourth-order valence-electron chi connectivity index (χ4n) is 2.54. The summed E-state index contributed by atoms with van der Waals surface area (Å²) in [7, 11) is 0. The van der Waals surface area contributed by atoms with Crippen LogP contribution in [0, 0.1) is 24.1 Å². The maximum absolute atomic E-state index is 13.9. The van der Waals surface area contributed by atoms with E-state index in [2.05, 4.69) is 10.5 Å². The van der Waals surface area contributed by atoms with Gasteiger partial charge in [0.15, 0.2) is 0 Å². The van der Waals surface area contributed by atoms with Crippen molar-refractivity contribution >= 4 is 12.1 Å². The van der Waals surface area contributed by atoms with Crippen molar-refractivity contribution in [2.45, 2.75) is 6.92 Å². The Morgan fingerprint density at radius 1 is 1.23 bits per heavy atom. The second-order valence-electron chi connectivity index (χ2n) is 5.60. The van der Waals surface area contributed by atoms with E-state index >= 15 is 0 Å². The standard InChI is InChI=1S/C20H15FN4O/c1-14-5-2-3-7-19(14)25-10-4-6-16(25)13-23-24-20(26)17-9-8-15(12-22)11-18(17)21/h2-11,13H,1H3,(H,24,26)/b23-13+. The number of benzene rings is 2. The van der Waals surface area contributed by atoms with Crippen molar-refractivity contribution in [3.05, 3.63) is 89.0 Å². The van der Waals surface area contributed by atoms with E-state index in [9.17, 15) is 9.18 Å². The maximum Gasteiger partial charge on any atom is 0.274 e. The Morgan fingerprint density at radius 3 is 2.77 bits per heavy atom. The molecule has 0 saturated carbocycles. The number of rotatable bonds is 4. The average Bonchev–Trinajstić information content (AvgIpc) is 3.10. The molecule has 0 atom stereocenters. The molecule has 26 heavy (non-hydrogen) atoms. The minimum absolute atomic E-state index is 0.151. The van der Waals surface area contributed by atoms with Gasteiger partial charge in [0, 0.05) is 11.9 Å². The van der Waals surface area contributed by atoms with E-state index in [-0.39, 0.29) is 11.1 Å². The van der Waals surface area contributed by atoms with Crippen LogP contribution in [0.25, 0.3) is 5.69 Å². The molecule has 1 amide bonds. The Hall–Kier alpha value is -3.72. The number of nitriles is 1. The number of carbonyl (C=O) groups is 1. The third-order valence-electron chi connectivity index (χ3n) is 3.86. The van der Waals surface area contributed by atoms with Gasteiger partial charge in [-0.1, -0.05) is 18.2 Å². The van der Waals surface area contributed by atoms with Gasteiger partial charge >= 0.3 is 0 Å². The molecule has 0 saturated heterocycles. The summed E-state index contributed by atoms with van der Waals surface area (Å²) in [6, 6.07) is 17.1. The Morgan fingerprint density at radius 2 is 2.04 bits per heavy atom. The third kappa shape index (κ3) is 3.52. The van der Waals surface area contributed by atoms with Crippen LogP contribution in [0.5, 0.6) is 0 Å². The van der Waals surface area contributed by atoms with E-state index in [0.29, 0.717) is 0 Å². The van der Waals surface area contributed by atoms with Gasteiger partial charge in [0.25, 0.3) is 5.91 Å². The Bertz CT molecular complexity index is 1030. The summed E-state index contributed by atoms with van der Waals surface area (Å²) in [6.45, 7) is 2.01. The number of hydrogen-bond acceptors (Lipinski definition) is 3. The number of hydrogen-bond donors (Lipinski definition) is 1. The zero-order chi connectivity index (χ0) is 18.5. The second kappa shape index (κ2) is 7.45. The third-order valence-corrected chi connectivity index (χ3v) is 3.86.